The summed E-state index contributed by atoms with van der Waals surface area (Å²) >= 11 is 1.53. The smallest absolute Gasteiger partial charge is 0.287 e. The van der Waals surface area contributed by atoms with Crippen LogP contribution in [0.5, 0.6) is 0 Å². The molecular weight excluding hydrogens is 250 g/mol. The highest BCUT2D eigenvalue weighted by Gasteiger charge is 2.16. The minimum absolute atomic E-state index is 0.136. The lowest BCUT2D eigenvalue weighted by Gasteiger charge is -2.09. The van der Waals surface area contributed by atoms with E-state index < -0.39 is 0 Å². The molecule has 1 unspecified atom stereocenters. The topological polar surface area (TPSA) is 81.2 Å². The van der Waals surface area contributed by atoms with E-state index in [9.17, 15) is 4.79 Å². The van der Waals surface area contributed by atoms with E-state index in [1.807, 2.05) is 19.2 Å². The molecule has 1 amide bonds. The van der Waals surface area contributed by atoms with Crippen molar-refractivity contribution >= 4 is 17.2 Å². The summed E-state index contributed by atoms with van der Waals surface area (Å²) in [5, 5.41) is 5.67. The van der Waals surface area contributed by atoms with Crippen LogP contribution >= 0.6 is 11.3 Å². The maximum absolute atomic E-state index is 11.9. The van der Waals surface area contributed by atoms with Gasteiger partial charge in [0.05, 0.1) is 12.6 Å². The fraction of sp³-hybridized carbons (Fsp3) is 0.333. The van der Waals surface area contributed by atoms with E-state index in [0.717, 1.165) is 10.7 Å². The van der Waals surface area contributed by atoms with E-state index in [1.54, 1.807) is 12.1 Å². The van der Waals surface area contributed by atoms with Gasteiger partial charge in [-0.1, -0.05) is 0 Å². The van der Waals surface area contributed by atoms with Crippen molar-refractivity contribution in [2.45, 2.75) is 26.4 Å². The fourth-order valence-corrected chi connectivity index (χ4v) is 2.31. The molecule has 0 aromatic carbocycles. The molecular formula is C12H15N3O2S. The molecule has 2 aromatic rings. The molecule has 96 valence electrons. The first-order valence-electron chi connectivity index (χ1n) is 5.62. The zero-order valence-corrected chi connectivity index (χ0v) is 11.1. The Kier molecular flexibility index (Phi) is 3.78. The Morgan fingerprint density at radius 3 is 2.94 bits per heavy atom. The molecule has 0 aliphatic rings. The van der Waals surface area contributed by atoms with Crippen LogP contribution in [-0.2, 0) is 6.54 Å². The number of hydrogen-bond acceptors (Lipinski definition) is 5. The lowest BCUT2D eigenvalue weighted by molar-refractivity contribution is 0.0910. The van der Waals surface area contributed by atoms with Gasteiger partial charge < -0.3 is 15.5 Å². The number of thiazole rings is 1. The fourth-order valence-electron chi connectivity index (χ4n) is 1.51. The summed E-state index contributed by atoms with van der Waals surface area (Å²) in [7, 11) is 0. The second-order valence-corrected chi connectivity index (χ2v) is 4.88. The molecule has 0 saturated carbocycles. The number of aromatic nitrogens is 1. The van der Waals surface area contributed by atoms with Crippen LogP contribution in [0, 0.1) is 6.92 Å². The van der Waals surface area contributed by atoms with E-state index in [-0.39, 0.29) is 24.3 Å². The highest BCUT2D eigenvalue weighted by molar-refractivity contribution is 7.09. The second-order valence-electron chi connectivity index (χ2n) is 3.99. The molecule has 0 aliphatic carbocycles. The first-order valence-corrected chi connectivity index (χ1v) is 6.49. The third-order valence-corrected chi connectivity index (χ3v) is 3.59. The van der Waals surface area contributed by atoms with E-state index in [2.05, 4.69) is 10.3 Å². The number of nitrogens with two attached hydrogens (primary N) is 1. The lowest BCUT2D eigenvalue weighted by Crippen LogP contribution is -2.26. The minimum Gasteiger partial charge on any atom is -0.455 e. The summed E-state index contributed by atoms with van der Waals surface area (Å²) in [5.74, 6) is 0.614. The van der Waals surface area contributed by atoms with Gasteiger partial charge in [-0.05, 0) is 26.0 Å². The van der Waals surface area contributed by atoms with Crippen molar-refractivity contribution in [1.29, 1.82) is 0 Å². The van der Waals surface area contributed by atoms with Crippen LogP contribution in [0.25, 0.3) is 0 Å². The number of rotatable bonds is 4. The number of nitrogens with zero attached hydrogens (tertiary/aromatic N) is 1. The Labute approximate surface area is 109 Å². The van der Waals surface area contributed by atoms with Crippen molar-refractivity contribution in [2.24, 2.45) is 5.73 Å². The van der Waals surface area contributed by atoms with Crippen molar-refractivity contribution in [1.82, 2.24) is 10.3 Å². The Morgan fingerprint density at radius 2 is 2.39 bits per heavy atom. The number of hydrogen-bond donors (Lipinski definition) is 2. The molecule has 0 bridgehead atoms. The summed E-state index contributed by atoms with van der Waals surface area (Å²) in [6, 6.07) is 3.19. The normalized spacial score (nSPS) is 12.4. The zero-order valence-electron chi connectivity index (χ0n) is 10.3. The molecule has 2 heterocycles. The van der Waals surface area contributed by atoms with Crippen molar-refractivity contribution in [3.63, 3.8) is 0 Å². The summed E-state index contributed by atoms with van der Waals surface area (Å²) < 4.78 is 5.28. The van der Waals surface area contributed by atoms with Crippen LogP contribution < -0.4 is 11.1 Å². The average molecular weight is 265 g/mol. The van der Waals surface area contributed by atoms with Crippen molar-refractivity contribution < 1.29 is 9.21 Å². The number of amides is 1. The van der Waals surface area contributed by atoms with Gasteiger partial charge in [-0.25, -0.2) is 4.98 Å². The standard InChI is InChI=1S/C12H15N3O2S/c1-7-6-18-12(14-7)8(2)15-11(16)10-4-3-9(5-13)17-10/h3-4,6,8H,5,13H2,1-2H3,(H,15,16). The molecule has 0 fully saturated rings. The molecule has 2 aromatic heterocycles. The van der Waals surface area contributed by atoms with Gasteiger partial charge in [0.2, 0.25) is 0 Å². The van der Waals surface area contributed by atoms with Crippen LogP contribution in [0.4, 0.5) is 0 Å². The van der Waals surface area contributed by atoms with Crippen LogP contribution in [0.2, 0.25) is 0 Å². The van der Waals surface area contributed by atoms with Crippen molar-refractivity contribution in [3.05, 3.63) is 39.7 Å². The lowest BCUT2D eigenvalue weighted by atomic mass is 10.3. The van der Waals surface area contributed by atoms with Gasteiger partial charge in [0.15, 0.2) is 5.76 Å². The molecule has 1 atom stereocenters. The van der Waals surface area contributed by atoms with Crippen LogP contribution in [-0.4, -0.2) is 10.9 Å². The average Bonchev–Trinajstić information content (AvgIpc) is 2.97. The van der Waals surface area contributed by atoms with E-state index in [1.165, 1.54) is 11.3 Å². The van der Waals surface area contributed by atoms with Crippen LogP contribution in [0.15, 0.2) is 21.9 Å². The molecule has 5 nitrogen and oxygen atoms in total. The Morgan fingerprint density at radius 1 is 1.61 bits per heavy atom. The second kappa shape index (κ2) is 5.32. The number of carbonyl (C=O) groups excluding carboxylic acids is 1. The molecule has 0 aliphatic heterocycles. The molecule has 0 saturated heterocycles. The van der Waals surface area contributed by atoms with E-state index in [0.29, 0.717) is 5.76 Å². The van der Waals surface area contributed by atoms with Crippen molar-refractivity contribution in [3.8, 4) is 0 Å². The SMILES string of the molecule is Cc1csc(C(C)NC(=O)c2ccc(CN)o2)n1. The number of nitrogens with one attached hydrogen (secondary N) is 1. The molecule has 0 radical (unpaired) electrons. The van der Waals surface area contributed by atoms with Gasteiger partial charge >= 0.3 is 0 Å². The Bertz CT molecular complexity index is 547. The number of aryl methyl sites for hydroxylation is 1. The third-order valence-electron chi connectivity index (χ3n) is 2.44. The summed E-state index contributed by atoms with van der Waals surface area (Å²) in [6.45, 7) is 4.10. The Hall–Kier alpha value is -1.66. The zero-order chi connectivity index (χ0) is 13.1. The number of furan rings is 1. The molecule has 3 N–H and O–H groups in total. The highest BCUT2D eigenvalue weighted by atomic mass is 32.1. The monoisotopic (exact) mass is 265 g/mol. The van der Waals surface area contributed by atoms with Gasteiger partial charge in [0.1, 0.15) is 10.8 Å². The first kappa shape index (κ1) is 12.8. The maximum Gasteiger partial charge on any atom is 0.287 e. The summed E-state index contributed by atoms with van der Waals surface area (Å²) in [4.78, 5) is 16.2. The predicted molar refractivity (Wildman–Crippen MR) is 69.3 cm³/mol. The van der Waals surface area contributed by atoms with Crippen LogP contribution in [0.1, 0.15) is 40.0 Å². The first-order chi connectivity index (χ1) is 8.60. The van der Waals surface area contributed by atoms with E-state index in [4.69, 9.17) is 10.2 Å². The maximum atomic E-state index is 11.9. The summed E-state index contributed by atoms with van der Waals surface area (Å²) in [6.07, 6.45) is 0. The largest absolute Gasteiger partial charge is 0.455 e. The Balaban J connectivity index is 2.02. The molecule has 18 heavy (non-hydrogen) atoms. The van der Waals surface area contributed by atoms with Gasteiger partial charge in [-0.15, -0.1) is 11.3 Å². The number of carbonyl (C=O) groups is 1. The van der Waals surface area contributed by atoms with Crippen LogP contribution in [0.3, 0.4) is 0 Å². The van der Waals surface area contributed by atoms with Gasteiger partial charge in [0, 0.05) is 11.1 Å². The predicted octanol–water partition coefficient (Wildman–Crippen LogP) is 1.99. The minimum atomic E-state index is -0.255. The molecule has 0 spiro atoms. The molecule has 6 heteroatoms. The van der Waals surface area contributed by atoms with Gasteiger partial charge in [-0.3, -0.25) is 4.79 Å². The van der Waals surface area contributed by atoms with Gasteiger partial charge in [-0.2, -0.15) is 0 Å². The van der Waals surface area contributed by atoms with E-state index >= 15 is 0 Å². The highest BCUT2D eigenvalue weighted by Crippen LogP contribution is 2.18. The summed E-state index contributed by atoms with van der Waals surface area (Å²) in [5.41, 5.74) is 6.38. The van der Waals surface area contributed by atoms with Gasteiger partial charge in [0.25, 0.3) is 5.91 Å². The molecule has 2 rings (SSSR count). The quantitative estimate of drug-likeness (QED) is 0.885. The van der Waals surface area contributed by atoms with Crippen molar-refractivity contribution in [2.75, 3.05) is 0 Å². The third kappa shape index (κ3) is 2.77.